The van der Waals surface area contributed by atoms with Gasteiger partial charge in [-0.15, -0.1) is 11.3 Å². The summed E-state index contributed by atoms with van der Waals surface area (Å²) in [6.45, 7) is 9.16. The van der Waals surface area contributed by atoms with Crippen LogP contribution >= 0.6 is 11.3 Å². The van der Waals surface area contributed by atoms with Gasteiger partial charge in [-0.1, -0.05) is 20.8 Å². The highest BCUT2D eigenvalue weighted by atomic mass is 32.1. The molecule has 2 nitrogen and oxygen atoms in total. The Morgan fingerprint density at radius 3 is 2.50 bits per heavy atom. The molecule has 3 heteroatoms. The molecule has 0 spiro atoms. The predicted molar refractivity (Wildman–Crippen MR) is 87.7 cm³/mol. The van der Waals surface area contributed by atoms with Crippen molar-refractivity contribution in [3.8, 4) is 5.75 Å². The summed E-state index contributed by atoms with van der Waals surface area (Å²) in [5.74, 6) is 1.36. The van der Waals surface area contributed by atoms with Crippen molar-refractivity contribution in [1.82, 2.24) is 0 Å². The number of aryl methyl sites for hydroxylation is 2. The van der Waals surface area contributed by atoms with Crippen LogP contribution in [-0.2, 0) is 13.0 Å². The molecule has 2 N–H and O–H groups in total. The van der Waals surface area contributed by atoms with E-state index in [-0.39, 0.29) is 0 Å². The van der Waals surface area contributed by atoms with Crippen LogP contribution < -0.4 is 10.5 Å². The summed E-state index contributed by atoms with van der Waals surface area (Å²) >= 11 is 1.82. The van der Waals surface area contributed by atoms with Crippen molar-refractivity contribution in [2.24, 2.45) is 0 Å². The number of hydrogen-bond acceptors (Lipinski definition) is 3. The molecule has 0 amide bonds. The number of nitrogens with two attached hydrogens (primary N) is 1. The van der Waals surface area contributed by atoms with Crippen LogP contribution in [0.4, 0.5) is 5.69 Å². The van der Waals surface area contributed by atoms with Gasteiger partial charge in [-0.2, -0.15) is 0 Å². The molecule has 0 saturated carbocycles. The molecular formula is C17H23NOS. The van der Waals surface area contributed by atoms with Crippen LogP contribution in [0.3, 0.4) is 0 Å². The van der Waals surface area contributed by atoms with E-state index in [4.69, 9.17) is 10.5 Å². The van der Waals surface area contributed by atoms with Crippen molar-refractivity contribution in [3.05, 3.63) is 45.1 Å². The summed E-state index contributed by atoms with van der Waals surface area (Å²) in [6, 6.07) is 8.43. The highest BCUT2D eigenvalue weighted by Gasteiger charge is 2.11. The highest BCUT2D eigenvalue weighted by molar-refractivity contribution is 7.11. The lowest BCUT2D eigenvalue weighted by molar-refractivity contribution is 0.305. The van der Waals surface area contributed by atoms with Crippen LogP contribution in [0.25, 0.3) is 0 Å². The Morgan fingerprint density at radius 2 is 1.90 bits per heavy atom. The van der Waals surface area contributed by atoms with E-state index in [9.17, 15) is 0 Å². The zero-order chi connectivity index (χ0) is 14.7. The molecule has 108 valence electrons. The summed E-state index contributed by atoms with van der Waals surface area (Å²) in [5.41, 5.74) is 9.10. The summed E-state index contributed by atoms with van der Waals surface area (Å²) in [7, 11) is 0. The first-order valence-electron chi connectivity index (χ1n) is 7.11. The molecule has 0 aliphatic carbocycles. The Morgan fingerprint density at radius 1 is 1.20 bits per heavy atom. The summed E-state index contributed by atoms with van der Waals surface area (Å²) in [6.07, 6.45) is 1.09. The standard InChI is InChI=1S/C17H23NOS/c1-5-13-6-7-14(20-13)10-19-17-8-12(4)16(18)9-15(17)11(2)3/h6-9,11H,5,10,18H2,1-4H3. The number of rotatable bonds is 5. The van der Waals surface area contributed by atoms with E-state index < -0.39 is 0 Å². The first-order chi connectivity index (χ1) is 9.51. The minimum atomic E-state index is 0.405. The minimum Gasteiger partial charge on any atom is -0.488 e. The summed E-state index contributed by atoms with van der Waals surface area (Å²) in [4.78, 5) is 2.67. The van der Waals surface area contributed by atoms with Gasteiger partial charge in [0.1, 0.15) is 12.4 Å². The molecule has 0 unspecified atom stereocenters. The Hall–Kier alpha value is -1.48. The lowest BCUT2D eigenvalue weighted by Crippen LogP contribution is -2.01. The lowest BCUT2D eigenvalue weighted by atomic mass is 9.99. The third-order valence-corrected chi connectivity index (χ3v) is 4.66. The fraction of sp³-hybridized carbons (Fsp3) is 0.412. The number of thiophene rings is 1. The smallest absolute Gasteiger partial charge is 0.123 e. The molecule has 0 aliphatic rings. The molecule has 20 heavy (non-hydrogen) atoms. The van der Waals surface area contributed by atoms with E-state index >= 15 is 0 Å². The van der Waals surface area contributed by atoms with Crippen LogP contribution in [0.1, 0.15) is 47.6 Å². The minimum absolute atomic E-state index is 0.405. The lowest BCUT2D eigenvalue weighted by Gasteiger charge is -2.16. The zero-order valence-electron chi connectivity index (χ0n) is 12.7. The van der Waals surface area contributed by atoms with Crippen molar-refractivity contribution < 1.29 is 4.74 Å². The molecule has 0 fully saturated rings. The van der Waals surface area contributed by atoms with E-state index in [2.05, 4.69) is 39.0 Å². The number of benzene rings is 1. The Balaban J connectivity index is 2.17. The van der Waals surface area contributed by atoms with Crippen molar-refractivity contribution in [1.29, 1.82) is 0 Å². The Bertz CT molecular complexity index is 587. The average molecular weight is 289 g/mol. The average Bonchev–Trinajstić information content (AvgIpc) is 2.87. The van der Waals surface area contributed by atoms with Gasteiger partial charge >= 0.3 is 0 Å². The fourth-order valence-corrected chi connectivity index (χ4v) is 3.00. The maximum Gasteiger partial charge on any atom is 0.123 e. The van der Waals surface area contributed by atoms with E-state index in [1.54, 1.807) is 0 Å². The predicted octanol–water partition coefficient (Wildman–Crippen LogP) is 4.90. The topological polar surface area (TPSA) is 35.2 Å². The summed E-state index contributed by atoms with van der Waals surface area (Å²) in [5, 5.41) is 0. The summed E-state index contributed by atoms with van der Waals surface area (Å²) < 4.78 is 6.03. The van der Waals surface area contributed by atoms with Crippen LogP contribution in [0.2, 0.25) is 0 Å². The van der Waals surface area contributed by atoms with E-state index in [0.717, 1.165) is 23.4 Å². The van der Waals surface area contributed by atoms with Crippen LogP contribution in [0.15, 0.2) is 24.3 Å². The van der Waals surface area contributed by atoms with Gasteiger partial charge in [-0.05, 0) is 54.7 Å². The van der Waals surface area contributed by atoms with Crippen LogP contribution in [-0.4, -0.2) is 0 Å². The van der Waals surface area contributed by atoms with Crippen molar-refractivity contribution in [2.45, 2.75) is 46.6 Å². The Kier molecular flexibility index (Phi) is 4.71. The maximum atomic E-state index is 6.03. The first kappa shape index (κ1) is 14.9. The molecule has 2 rings (SSSR count). The van der Waals surface area contributed by atoms with E-state index in [0.29, 0.717) is 12.5 Å². The van der Waals surface area contributed by atoms with Crippen molar-refractivity contribution in [2.75, 3.05) is 5.73 Å². The van der Waals surface area contributed by atoms with Gasteiger partial charge in [-0.25, -0.2) is 0 Å². The SMILES string of the molecule is CCc1ccc(COc2cc(C)c(N)cc2C(C)C)s1. The van der Waals surface area contributed by atoms with Gasteiger partial charge in [0, 0.05) is 15.4 Å². The van der Waals surface area contributed by atoms with Crippen molar-refractivity contribution >= 4 is 17.0 Å². The van der Waals surface area contributed by atoms with Crippen molar-refractivity contribution in [3.63, 3.8) is 0 Å². The monoisotopic (exact) mass is 289 g/mol. The third kappa shape index (κ3) is 3.34. The largest absolute Gasteiger partial charge is 0.488 e. The maximum absolute atomic E-state index is 6.03. The quantitative estimate of drug-likeness (QED) is 0.794. The molecule has 0 atom stereocenters. The Labute approximate surface area is 125 Å². The van der Waals surface area contributed by atoms with Gasteiger partial charge < -0.3 is 10.5 Å². The molecule has 0 bridgehead atoms. The van der Waals surface area contributed by atoms with E-state index in [1.807, 2.05) is 24.3 Å². The molecule has 0 saturated heterocycles. The van der Waals surface area contributed by atoms with Crippen LogP contribution in [0, 0.1) is 6.92 Å². The second-order valence-corrected chi connectivity index (χ2v) is 6.66. The number of ether oxygens (including phenoxy) is 1. The normalized spacial score (nSPS) is 11.1. The number of hydrogen-bond donors (Lipinski definition) is 1. The molecule has 1 aromatic carbocycles. The third-order valence-electron chi connectivity index (χ3n) is 3.46. The molecule has 1 heterocycles. The molecule has 2 aromatic rings. The van der Waals surface area contributed by atoms with Gasteiger partial charge in [-0.3, -0.25) is 0 Å². The van der Waals surface area contributed by atoms with Gasteiger partial charge in [0.25, 0.3) is 0 Å². The molecular weight excluding hydrogens is 266 g/mol. The highest BCUT2D eigenvalue weighted by Crippen LogP contribution is 2.32. The fourth-order valence-electron chi connectivity index (χ4n) is 2.13. The molecule has 0 aliphatic heterocycles. The van der Waals surface area contributed by atoms with Gasteiger partial charge in [0.15, 0.2) is 0 Å². The van der Waals surface area contributed by atoms with Gasteiger partial charge in [0.05, 0.1) is 0 Å². The second-order valence-electron chi connectivity index (χ2n) is 5.41. The molecule has 0 radical (unpaired) electrons. The molecule has 1 aromatic heterocycles. The number of nitrogen functional groups attached to an aromatic ring is 1. The van der Waals surface area contributed by atoms with Crippen LogP contribution in [0.5, 0.6) is 5.75 Å². The van der Waals surface area contributed by atoms with Gasteiger partial charge in [0.2, 0.25) is 0 Å². The van der Waals surface area contributed by atoms with E-state index in [1.165, 1.54) is 15.3 Å². The number of anilines is 1. The second kappa shape index (κ2) is 6.31. The zero-order valence-corrected chi connectivity index (χ0v) is 13.5. The first-order valence-corrected chi connectivity index (χ1v) is 7.93.